The first-order chi connectivity index (χ1) is 9.31. The number of nitriles is 1. The summed E-state index contributed by atoms with van der Waals surface area (Å²) in [5.74, 6) is 0. The predicted molar refractivity (Wildman–Crippen MR) is 78.4 cm³/mol. The second-order valence-corrected chi connectivity index (χ2v) is 5.25. The average molecular weight is 266 g/mol. The van der Waals surface area contributed by atoms with Crippen LogP contribution in [0.5, 0.6) is 0 Å². The maximum atomic E-state index is 9.43. The van der Waals surface area contributed by atoms with E-state index in [2.05, 4.69) is 23.2 Å². The van der Waals surface area contributed by atoms with Crippen molar-refractivity contribution >= 4 is 12.2 Å². The van der Waals surface area contributed by atoms with Gasteiger partial charge in [0.15, 0.2) is 0 Å². The van der Waals surface area contributed by atoms with Crippen LogP contribution in [0.15, 0.2) is 30.3 Å². The van der Waals surface area contributed by atoms with Crippen LogP contribution in [-0.4, -0.2) is 4.98 Å². The number of hydrogen-bond acceptors (Lipinski definition) is 2. The van der Waals surface area contributed by atoms with Gasteiger partial charge in [-0.3, -0.25) is 0 Å². The third-order valence-electron chi connectivity index (χ3n) is 3.69. The summed E-state index contributed by atoms with van der Waals surface area (Å²) in [6.07, 6.45) is 4.44. The zero-order valence-electron chi connectivity index (χ0n) is 10.6. The van der Waals surface area contributed by atoms with Gasteiger partial charge in [0.05, 0.1) is 5.56 Å². The highest BCUT2D eigenvalue weighted by Gasteiger charge is 2.19. The topological polar surface area (TPSA) is 39.6 Å². The van der Waals surface area contributed by atoms with Crippen LogP contribution >= 0.6 is 12.2 Å². The molecule has 1 heterocycles. The Morgan fingerprint density at radius 1 is 1.11 bits per heavy atom. The lowest BCUT2D eigenvalue weighted by Gasteiger charge is -2.20. The van der Waals surface area contributed by atoms with Gasteiger partial charge in [-0.1, -0.05) is 42.5 Å². The minimum Gasteiger partial charge on any atom is -0.349 e. The molecule has 2 nitrogen and oxygen atoms in total. The summed E-state index contributed by atoms with van der Waals surface area (Å²) in [5.41, 5.74) is 5.25. The molecule has 3 rings (SSSR count). The van der Waals surface area contributed by atoms with Gasteiger partial charge in [-0.05, 0) is 36.8 Å². The number of aryl methyl sites for hydroxylation is 1. The lowest BCUT2D eigenvalue weighted by atomic mass is 9.87. The van der Waals surface area contributed by atoms with E-state index < -0.39 is 0 Å². The number of rotatable bonds is 1. The van der Waals surface area contributed by atoms with Crippen LogP contribution in [0.2, 0.25) is 0 Å². The van der Waals surface area contributed by atoms with E-state index in [1.165, 1.54) is 24.1 Å². The second-order valence-electron chi connectivity index (χ2n) is 4.85. The molecule has 1 N–H and O–H groups in total. The number of nitrogens with zero attached hydrogens (tertiary/aromatic N) is 1. The van der Waals surface area contributed by atoms with Crippen molar-refractivity contribution in [3.05, 3.63) is 51.8 Å². The van der Waals surface area contributed by atoms with E-state index in [1.807, 2.05) is 18.2 Å². The highest BCUT2D eigenvalue weighted by atomic mass is 32.1. The van der Waals surface area contributed by atoms with Gasteiger partial charge in [-0.2, -0.15) is 5.26 Å². The lowest BCUT2D eigenvalue weighted by Crippen LogP contribution is -2.09. The minimum atomic E-state index is 0.571. The summed E-state index contributed by atoms with van der Waals surface area (Å²) in [6, 6.07) is 12.4. The van der Waals surface area contributed by atoms with Crippen LogP contribution in [0.4, 0.5) is 0 Å². The van der Waals surface area contributed by atoms with E-state index >= 15 is 0 Å². The monoisotopic (exact) mass is 266 g/mol. The first kappa shape index (κ1) is 12.1. The van der Waals surface area contributed by atoms with E-state index in [9.17, 15) is 5.26 Å². The van der Waals surface area contributed by atoms with E-state index in [0.717, 1.165) is 24.0 Å². The molecule has 3 heteroatoms. The van der Waals surface area contributed by atoms with Crippen molar-refractivity contribution in [3.63, 3.8) is 0 Å². The molecular formula is C16H14N2S. The lowest BCUT2D eigenvalue weighted by molar-refractivity contribution is 0.668. The van der Waals surface area contributed by atoms with Crippen molar-refractivity contribution in [3.8, 4) is 17.2 Å². The molecule has 1 aliphatic carbocycles. The van der Waals surface area contributed by atoms with E-state index in [1.54, 1.807) is 0 Å². The number of nitrogens with one attached hydrogen (secondary N) is 1. The first-order valence-corrected chi connectivity index (χ1v) is 6.95. The number of aromatic nitrogens is 1. The Hall–Kier alpha value is -1.92. The molecule has 1 aromatic carbocycles. The number of H-pyrrole nitrogens is 1. The van der Waals surface area contributed by atoms with Gasteiger partial charge in [0.25, 0.3) is 0 Å². The number of fused-ring (bicyclic) bond motifs is 1. The molecule has 0 saturated carbocycles. The average Bonchev–Trinajstić information content (AvgIpc) is 2.46. The quantitative estimate of drug-likeness (QED) is 0.787. The number of pyridine rings is 1. The van der Waals surface area contributed by atoms with Crippen LogP contribution in [0.3, 0.4) is 0 Å². The van der Waals surface area contributed by atoms with Gasteiger partial charge in [0.1, 0.15) is 10.7 Å². The van der Waals surface area contributed by atoms with Gasteiger partial charge in [-0.15, -0.1) is 0 Å². The molecule has 2 aromatic rings. The van der Waals surface area contributed by atoms with Crippen LogP contribution in [0.1, 0.15) is 29.7 Å². The van der Waals surface area contributed by atoms with Gasteiger partial charge < -0.3 is 4.98 Å². The normalized spacial score (nSPS) is 13.6. The van der Waals surface area contributed by atoms with Crippen molar-refractivity contribution < 1.29 is 0 Å². The SMILES string of the molecule is N#Cc1c(-c2ccccc2)c2c([nH]c1=S)CCCC2. The van der Waals surface area contributed by atoms with E-state index in [-0.39, 0.29) is 0 Å². The molecule has 0 spiro atoms. The Kier molecular flexibility index (Phi) is 3.18. The molecular weight excluding hydrogens is 252 g/mol. The molecule has 1 aromatic heterocycles. The molecule has 0 saturated heterocycles. The van der Waals surface area contributed by atoms with E-state index in [4.69, 9.17) is 12.2 Å². The van der Waals surface area contributed by atoms with Gasteiger partial charge in [-0.25, -0.2) is 0 Å². The molecule has 0 bridgehead atoms. The fourth-order valence-electron chi connectivity index (χ4n) is 2.81. The van der Waals surface area contributed by atoms with E-state index in [0.29, 0.717) is 10.2 Å². The van der Waals surface area contributed by atoms with Crippen molar-refractivity contribution in [1.29, 1.82) is 5.26 Å². The first-order valence-electron chi connectivity index (χ1n) is 6.55. The standard InChI is InChI=1S/C16H14N2S/c17-10-13-15(11-6-2-1-3-7-11)12-8-4-5-9-14(12)18-16(13)19/h1-3,6-7H,4-5,8-9H2,(H,18,19). The van der Waals surface area contributed by atoms with Gasteiger partial charge in [0.2, 0.25) is 0 Å². The molecule has 0 amide bonds. The highest BCUT2D eigenvalue weighted by Crippen LogP contribution is 2.33. The summed E-state index contributed by atoms with van der Waals surface area (Å²) in [5, 5.41) is 9.43. The molecule has 1 aliphatic rings. The van der Waals surface area contributed by atoms with Crippen molar-refractivity contribution in [2.75, 3.05) is 0 Å². The molecule has 0 aliphatic heterocycles. The Labute approximate surface area is 117 Å². The van der Waals surface area contributed by atoms with Crippen molar-refractivity contribution in [1.82, 2.24) is 4.98 Å². The smallest absolute Gasteiger partial charge is 0.122 e. The zero-order chi connectivity index (χ0) is 13.2. The van der Waals surface area contributed by atoms with Crippen molar-refractivity contribution in [2.45, 2.75) is 25.7 Å². The molecule has 0 unspecified atom stereocenters. The predicted octanol–water partition coefficient (Wildman–Crippen LogP) is 4.16. The highest BCUT2D eigenvalue weighted by molar-refractivity contribution is 7.71. The summed E-state index contributed by atoms with van der Waals surface area (Å²) < 4.78 is 0.571. The van der Waals surface area contributed by atoms with Crippen molar-refractivity contribution in [2.24, 2.45) is 0 Å². The molecule has 0 radical (unpaired) electrons. The molecule has 94 valence electrons. The summed E-state index contributed by atoms with van der Waals surface area (Å²) in [7, 11) is 0. The zero-order valence-corrected chi connectivity index (χ0v) is 11.4. The molecule has 0 fully saturated rings. The largest absolute Gasteiger partial charge is 0.349 e. The van der Waals surface area contributed by atoms with Crippen LogP contribution in [-0.2, 0) is 12.8 Å². The Bertz CT molecular complexity index is 708. The summed E-state index contributed by atoms with van der Waals surface area (Å²) in [4.78, 5) is 3.25. The van der Waals surface area contributed by atoms with Gasteiger partial charge >= 0.3 is 0 Å². The molecule has 19 heavy (non-hydrogen) atoms. The van der Waals surface area contributed by atoms with Gasteiger partial charge in [0, 0.05) is 11.3 Å². The minimum absolute atomic E-state index is 0.571. The summed E-state index contributed by atoms with van der Waals surface area (Å²) in [6.45, 7) is 0. The summed E-state index contributed by atoms with van der Waals surface area (Å²) >= 11 is 5.35. The maximum Gasteiger partial charge on any atom is 0.122 e. The molecule has 0 atom stereocenters. The fourth-order valence-corrected chi connectivity index (χ4v) is 3.08. The van der Waals surface area contributed by atoms with Crippen LogP contribution < -0.4 is 0 Å². The van der Waals surface area contributed by atoms with Crippen LogP contribution in [0, 0.1) is 16.0 Å². The Morgan fingerprint density at radius 2 is 1.84 bits per heavy atom. The second kappa shape index (κ2) is 4.99. The Balaban J connectivity index is 2.36. The maximum absolute atomic E-state index is 9.43. The fraction of sp³-hybridized carbons (Fsp3) is 0.250. The number of benzene rings is 1. The van der Waals surface area contributed by atoms with Crippen LogP contribution in [0.25, 0.3) is 11.1 Å². The third kappa shape index (κ3) is 2.09. The number of aromatic amines is 1. The number of hydrogen-bond donors (Lipinski definition) is 1. The Morgan fingerprint density at radius 3 is 2.58 bits per heavy atom. The third-order valence-corrected chi connectivity index (χ3v) is 3.99.